The van der Waals surface area contributed by atoms with Crippen LogP contribution in [0.3, 0.4) is 0 Å². The molecular formula is C14H19N3O3S. The van der Waals surface area contributed by atoms with Crippen molar-refractivity contribution in [2.24, 2.45) is 5.92 Å². The lowest BCUT2D eigenvalue weighted by Crippen LogP contribution is -2.30. The Morgan fingerprint density at radius 1 is 1.24 bits per heavy atom. The van der Waals surface area contributed by atoms with Gasteiger partial charge < -0.3 is 16.0 Å². The Morgan fingerprint density at radius 2 is 2.00 bits per heavy atom. The molecule has 0 radical (unpaired) electrons. The third-order valence-electron chi connectivity index (χ3n) is 3.92. The van der Waals surface area contributed by atoms with Crippen LogP contribution >= 0.6 is 0 Å². The zero-order valence-corrected chi connectivity index (χ0v) is 12.5. The monoisotopic (exact) mass is 309 g/mol. The fraction of sp³-hybridized carbons (Fsp3) is 0.500. The molecule has 1 atom stereocenters. The van der Waals surface area contributed by atoms with Gasteiger partial charge in [-0.1, -0.05) is 0 Å². The molecule has 3 rings (SSSR count). The standard InChI is InChI=1S/C14H19N3O3S/c18-14(17-8-10-3-6-21(19,20)9-10)11-1-2-12-13(7-11)16-5-4-15-12/h1-2,7,10,15-16H,3-6,8-9H2,(H,17,18). The number of anilines is 2. The lowest BCUT2D eigenvalue weighted by atomic mass is 10.1. The Labute approximate surface area is 124 Å². The van der Waals surface area contributed by atoms with Gasteiger partial charge in [0.05, 0.1) is 22.9 Å². The molecule has 0 saturated carbocycles. The molecule has 1 amide bonds. The fourth-order valence-electron chi connectivity index (χ4n) is 2.75. The van der Waals surface area contributed by atoms with Crippen LogP contribution in [-0.4, -0.2) is 45.5 Å². The fourth-order valence-corrected chi connectivity index (χ4v) is 4.61. The Kier molecular flexibility index (Phi) is 3.75. The second-order valence-corrected chi connectivity index (χ2v) is 7.82. The molecule has 1 unspecified atom stereocenters. The number of carbonyl (C=O) groups excluding carboxylic acids is 1. The molecule has 0 aliphatic carbocycles. The zero-order valence-electron chi connectivity index (χ0n) is 11.7. The maximum atomic E-state index is 12.1. The second-order valence-electron chi connectivity index (χ2n) is 5.59. The van der Waals surface area contributed by atoms with E-state index in [4.69, 9.17) is 0 Å². The lowest BCUT2D eigenvalue weighted by Gasteiger charge is -2.20. The minimum absolute atomic E-state index is 0.0383. The summed E-state index contributed by atoms with van der Waals surface area (Å²) in [6.45, 7) is 2.12. The normalized spacial score (nSPS) is 22.8. The van der Waals surface area contributed by atoms with E-state index in [0.29, 0.717) is 18.5 Å². The van der Waals surface area contributed by atoms with E-state index in [1.165, 1.54) is 0 Å². The number of hydrogen-bond acceptors (Lipinski definition) is 5. The smallest absolute Gasteiger partial charge is 0.251 e. The van der Waals surface area contributed by atoms with Crippen LogP contribution in [0.25, 0.3) is 0 Å². The molecule has 21 heavy (non-hydrogen) atoms. The summed E-state index contributed by atoms with van der Waals surface area (Å²) in [6, 6.07) is 5.48. The average Bonchev–Trinajstić information content (AvgIpc) is 2.83. The van der Waals surface area contributed by atoms with E-state index in [2.05, 4.69) is 16.0 Å². The van der Waals surface area contributed by atoms with Crippen LogP contribution in [0, 0.1) is 5.92 Å². The third kappa shape index (κ3) is 3.29. The number of sulfone groups is 1. The molecule has 3 N–H and O–H groups in total. The first kappa shape index (κ1) is 14.2. The van der Waals surface area contributed by atoms with E-state index in [9.17, 15) is 13.2 Å². The van der Waals surface area contributed by atoms with Gasteiger partial charge in [0.1, 0.15) is 0 Å². The van der Waals surface area contributed by atoms with Crippen LogP contribution in [0.2, 0.25) is 0 Å². The molecule has 2 heterocycles. The topological polar surface area (TPSA) is 87.3 Å². The molecule has 0 bridgehead atoms. The number of fused-ring (bicyclic) bond motifs is 1. The Balaban J connectivity index is 1.61. The predicted molar refractivity (Wildman–Crippen MR) is 82.5 cm³/mol. The van der Waals surface area contributed by atoms with Gasteiger partial charge in [-0.3, -0.25) is 4.79 Å². The van der Waals surface area contributed by atoms with Crippen LogP contribution in [0.4, 0.5) is 11.4 Å². The number of amides is 1. The van der Waals surface area contributed by atoms with Gasteiger partial charge in [-0.25, -0.2) is 8.42 Å². The van der Waals surface area contributed by atoms with Gasteiger partial charge in [0.15, 0.2) is 9.84 Å². The van der Waals surface area contributed by atoms with Crippen molar-refractivity contribution < 1.29 is 13.2 Å². The summed E-state index contributed by atoms with van der Waals surface area (Å²) in [5.74, 6) is 0.302. The Hall–Kier alpha value is -1.76. The van der Waals surface area contributed by atoms with Gasteiger partial charge in [0, 0.05) is 25.2 Å². The van der Waals surface area contributed by atoms with Crippen LogP contribution in [0.1, 0.15) is 16.8 Å². The molecule has 2 aliphatic heterocycles. The molecule has 7 heteroatoms. The highest BCUT2D eigenvalue weighted by molar-refractivity contribution is 7.91. The van der Waals surface area contributed by atoms with E-state index >= 15 is 0 Å². The minimum Gasteiger partial charge on any atom is -0.382 e. The molecule has 2 aliphatic rings. The van der Waals surface area contributed by atoms with E-state index in [-0.39, 0.29) is 23.3 Å². The number of carbonyl (C=O) groups is 1. The molecule has 1 fully saturated rings. The van der Waals surface area contributed by atoms with Crippen LogP contribution in [-0.2, 0) is 9.84 Å². The first-order valence-corrected chi connectivity index (χ1v) is 8.96. The molecule has 114 valence electrons. The van der Waals surface area contributed by atoms with Gasteiger partial charge in [-0.15, -0.1) is 0 Å². The van der Waals surface area contributed by atoms with Gasteiger partial charge >= 0.3 is 0 Å². The lowest BCUT2D eigenvalue weighted by molar-refractivity contribution is 0.0948. The highest BCUT2D eigenvalue weighted by Gasteiger charge is 2.28. The molecular weight excluding hydrogens is 290 g/mol. The molecule has 1 saturated heterocycles. The average molecular weight is 309 g/mol. The zero-order chi connectivity index (χ0) is 14.9. The molecule has 0 aromatic heterocycles. The van der Waals surface area contributed by atoms with E-state index < -0.39 is 9.84 Å². The van der Waals surface area contributed by atoms with Gasteiger partial charge in [0.2, 0.25) is 0 Å². The predicted octanol–water partition coefficient (Wildman–Crippen LogP) is 0.689. The SMILES string of the molecule is O=C(NCC1CCS(=O)(=O)C1)c1ccc2c(c1)NCCN2. The first-order valence-electron chi connectivity index (χ1n) is 7.14. The van der Waals surface area contributed by atoms with Crippen molar-refractivity contribution in [2.75, 3.05) is 41.8 Å². The summed E-state index contributed by atoms with van der Waals surface area (Å²) in [5, 5.41) is 9.33. The number of nitrogens with one attached hydrogen (secondary N) is 3. The summed E-state index contributed by atoms with van der Waals surface area (Å²) in [4.78, 5) is 12.1. The highest BCUT2D eigenvalue weighted by Crippen LogP contribution is 2.25. The van der Waals surface area contributed by atoms with E-state index in [1.54, 1.807) is 6.07 Å². The highest BCUT2D eigenvalue weighted by atomic mass is 32.2. The second kappa shape index (κ2) is 5.55. The Morgan fingerprint density at radius 3 is 2.71 bits per heavy atom. The summed E-state index contributed by atoms with van der Waals surface area (Å²) in [5.41, 5.74) is 2.52. The minimum atomic E-state index is -2.89. The summed E-state index contributed by atoms with van der Waals surface area (Å²) >= 11 is 0. The van der Waals surface area contributed by atoms with Crippen LogP contribution in [0.15, 0.2) is 18.2 Å². The molecule has 1 aromatic carbocycles. The van der Waals surface area contributed by atoms with Crippen molar-refractivity contribution >= 4 is 27.1 Å². The van der Waals surface area contributed by atoms with E-state index in [1.807, 2.05) is 12.1 Å². The quantitative estimate of drug-likeness (QED) is 0.764. The maximum Gasteiger partial charge on any atom is 0.251 e. The number of benzene rings is 1. The van der Waals surface area contributed by atoms with Gasteiger partial charge in [0.25, 0.3) is 5.91 Å². The van der Waals surface area contributed by atoms with Crippen LogP contribution < -0.4 is 16.0 Å². The number of hydrogen-bond donors (Lipinski definition) is 3. The van der Waals surface area contributed by atoms with Crippen molar-refractivity contribution in [1.82, 2.24) is 5.32 Å². The van der Waals surface area contributed by atoms with Crippen molar-refractivity contribution in [3.8, 4) is 0 Å². The first-order chi connectivity index (χ1) is 10.0. The molecule has 6 nitrogen and oxygen atoms in total. The van der Waals surface area contributed by atoms with Gasteiger partial charge in [-0.2, -0.15) is 0 Å². The summed E-state index contributed by atoms with van der Waals surface area (Å²) in [7, 11) is -2.89. The maximum absolute atomic E-state index is 12.1. The van der Waals surface area contributed by atoms with Crippen molar-refractivity contribution in [2.45, 2.75) is 6.42 Å². The third-order valence-corrected chi connectivity index (χ3v) is 5.75. The molecule has 0 spiro atoms. The van der Waals surface area contributed by atoms with Crippen LogP contribution in [0.5, 0.6) is 0 Å². The summed E-state index contributed by atoms with van der Waals surface area (Å²) in [6.07, 6.45) is 0.637. The van der Waals surface area contributed by atoms with Crippen molar-refractivity contribution in [3.05, 3.63) is 23.8 Å². The van der Waals surface area contributed by atoms with E-state index in [0.717, 1.165) is 24.5 Å². The number of rotatable bonds is 3. The van der Waals surface area contributed by atoms with Gasteiger partial charge in [-0.05, 0) is 30.5 Å². The summed E-state index contributed by atoms with van der Waals surface area (Å²) < 4.78 is 22.8. The largest absolute Gasteiger partial charge is 0.382 e. The van der Waals surface area contributed by atoms with Crippen molar-refractivity contribution in [1.29, 1.82) is 0 Å². The molecule has 1 aromatic rings. The Bertz CT molecular complexity index is 657. The van der Waals surface area contributed by atoms with Crippen molar-refractivity contribution in [3.63, 3.8) is 0 Å².